The Kier molecular flexibility index (Phi) is 5.69. The van der Waals surface area contributed by atoms with Crippen molar-refractivity contribution >= 4 is 21.7 Å². The third-order valence-corrected chi connectivity index (χ3v) is 5.43. The third kappa shape index (κ3) is 4.29. The maximum Gasteiger partial charge on any atom is 0.379 e. The van der Waals surface area contributed by atoms with E-state index in [4.69, 9.17) is 4.18 Å². The average molecular weight is 422 g/mol. The van der Waals surface area contributed by atoms with E-state index >= 15 is 0 Å². The Labute approximate surface area is 164 Å². The molecule has 0 N–H and O–H groups in total. The standard InChI is InChI=1S/C19H12O5S.CHF3/c20-15-9-10-16(21)19-18(15)17(12-5-2-1-3-6-12)13-7-4-8-14(11-13)25(22,23)24-19;2-1(3)4/h1-11,17H;1H. The maximum absolute atomic E-state index is 12.6. The number of hydrogen-bond acceptors (Lipinski definition) is 5. The van der Waals surface area contributed by atoms with Gasteiger partial charge in [0, 0.05) is 5.92 Å². The van der Waals surface area contributed by atoms with Gasteiger partial charge in [0.1, 0.15) is 4.90 Å². The summed E-state index contributed by atoms with van der Waals surface area (Å²) in [4.78, 5) is 24.8. The van der Waals surface area contributed by atoms with Crippen molar-refractivity contribution in [1.82, 2.24) is 0 Å². The second-order valence-electron chi connectivity index (χ2n) is 6.01. The summed E-state index contributed by atoms with van der Waals surface area (Å²) in [6, 6.07) is 15.3. The highest BCUT2D eigenvalue weighted by atomic mass is 32.2. The van der Waals surface area contributed by atoms with Crippen molar-refractivity contribution in [3.8, 4) is 0 Å². The van der Waals surface area contributed by atoms with Gasteiger partial charge in [0.15, 0.2) is 11.5 Å². The maximum atomic E-state index is 12.6. The van der Waals surface area contributed by atoms with E-state index in [9.17, 15) is 31.2 Å². The lowest BCUT2D eigenvalue weighted by molar-refractivity contribution is -0.116. The summed E-state index contributed by atoms with van der Waals surface area (Å²) in [6.07, 6.45) is 2.19. The quantitative estimate of drug-likeness (QED) is 0.518. The average Bonchev–Trinajstić information content (AvgIpc) is 2.67. The summed E-state index contributed by atoms with van der Waals surface area (Å²) in [7, 11) is -4.18. The Morgan fingerprint density at radius 2 is 1.41 bits per heavy atom. The first-order valence-electron chi connectivity index (χ1n) is 8.23. The Balaban J connectivity index is 0.000000552. The first-order valence-corrected chi connectivity index (χ1v) is 9.64. The molecule has 0 amide bonds. The monoisotopic (exact) mass is 422 g/mol. The van der Waals surface area contributed by atoms with Crippen LogP contribution in [0.15, 0.2) is 83.0 Å². The molecule has 150 valence electrons. The molecule has 1 heterocycles. The molecule has 1 aliphatic carbocycles. The number of halogens is 3. The topological polar surface area (TPSA) is 77.5 Å². The van der Waals surface area contributed by atoms with Gasteiger partial charge in [0.2, 0.25) is 5.78 Å². The minimum Gasteiger partial charge on any atom is -0.374 e. The van der Waals surface area contributed by atoms with Crippen molar-refractivity contribution in [2.24, 2.45) is 0 Å². The fraction of sp³-hybridized carbons (Fsp3) is 0.100. The van der Waals surface area contributed by atoms with Crippen molar-refractivity contribution in [1.29, 1.82) is 0 Å². The van der Waals surface area contributed by atoms with Crippen LogP contribution in [0.25, 0.3) is 0 Å². The minimum absolute atomic E-state index is 0.0409. The summed E-state index contributed by atoms with van der Waals surface area (Å²) in [5.41, 5.74) is 1.42. The highest BCUT2D eigenvalue weighted by molar-refractivity contribution is 7.86. The Bertz CT molecular complexity index is 1120. The predicted octanol–water partition coefficient (Wildman–Crippen LogP) is 3.68. The van der Waals surface area contributed by atoms with E-state index in [2.05, 4.69) is 0 Å². The second kappa shape index (κ2) is 8.04. The zero-order valence-electron chi connectivity index (χ0n) is 14.6. The van der Waals surface area contributed by atoms with Gasteiger partial charge in [-0.15, -0.1) is 0 Å². The van der Waals surface area contributed by atoms with Crippen LogP contribution in [-0.2, 0) is 23.9 Å². The van der Waals surface area contributed by atoms with Gasteiger partial charge < -0.3 is 4.18 Å². The van der Waals surface area contributed by atoms with Crippen LogP contribution in [0.5, 0.6) is 0 Å². The second-order valence-corrected chi connectivity index (χ2v) is 7.55. The number of allylic oxidation sites excluding steroid dienone is 3. The molecule has 0 fully saturated rings. The molecule has 0 aromatic heterocycles. The van der Waals surface area contributed by atoms with Gasteiger partial charge in [0.05, 0.1) is 5.57 Å². The summed E-state index contributed by atoms with van der Waals surface area (Å²) in [5, 5.41) is 0. The van der Waals surface area contributed by atoms with Gasteiger partial charge in [-0.3, -0.25) is 9.59 Å². The molecule has 2 aromatic carbocycles. The number of benzene rings is 2. The Morgan fingerprint density at radius 1 is 0.828 bits per heavy atom. The lowest BCUT2D eigenvalue weighted by atomic mass is 9.80. The van der Waals surface area contributed by atoms with Gasteiger partial charge in [-0.25, -0.2) is 0 Å². The SMILES string of the molecule is FC(F)F.O=C1C=CC(=O)C2=C1OS(=O)(=O)c1cccc(c1)C2c1ccccc1. The molecule has 1 atom stereocenters. The molecular weight excluding hydrogens is 409 g/mol. The van der Waals surface area contributed by atoms with Crippen LogP contribution in [0.4, 0.5) is 13.2 Å². The molecule has 2 aromatic rings. The van der Waals surface area contributed by atoms with Gasteiger partial charge in [0.25, 0.3) is 0 Å². The lowest BCUT2D eigenvalue weighted by Crippen LogP contribution is -2.26. The molecule has 0 spiro atoms. The first-order chi connectivity index (χ1) is 13.7. The number of alkyl halides is 3. The molecule has 0 saturated carbocycles. The predicted molar refractivity (Wildman–Crippen MR) is 96.3 cm³/mol. The number of hydrogen-bond donors (Lipinski definition) is 0. The fourth-order valence-corrected chi connectivity index (χ4v) is 4.11. The highest BCUT2D eigenvalue weighted by Gasteiger charge is 2.37. The van der Waals surface area contributed by atoms with Crippen LogP contribution in [-0.4, -0.2) is 26.7 Å². The first kappa shape index (κ1) is 20.5. The molecule has 4 rings (SSSR count). The Hall–Kier alpha value is -3.20. The molecule has 2 aliphatic rings. The van der Waals surface area contributed by atoms with E-state index in [0.29, 0.717) is 5.56 Å². The van der Waals surface area contributed by atoms with E-state index < -0.39 is 40.0 Å². The number of rotatable bonds is 1. The molecule has 29 heavy (non-hydrogen) atoms. The van der Waals surface area contributed by atoms with Crippen LogP contribution in [0.2, 0.25) is 0 Å². The summed E-state index contributed by atoms with van der Waals surface area (Å²) < 4.78 is 58.9. The summed E-state index contributed by atoms with van der Waals surface area (Å²) >= 11 is 0. The van der Waals surface area contributed by atoms with E-state index in [-0.39, 0.29) is 10.5 Å². The number of fused-ring (bicyclic) bond motifs is 2. The van der Waals surface area contributed by atoms with Crippen LogP contribution < -0.4 is 0 Å². The molecule has 0 radical (unpaired) electrons. The van der Waals surface area contributed by atoms with Gasteiger partial charge in [-0.2, -0.15) is 21.6 Å². The zero-order chi connectivity index (χ0) is 21.2. The fourth-order valence-electron chi connectivity index (χ4n) is 3.10. The number of carbonyl (C=O) groups excluding carboxylic acids is 2. The normalized spacial score (nSPS) is 19.5. The molecule has 0 saturated heterocycles. The van der Waals surface area contributed by atoms with E-state index in [1.807, 2.05) is 30.3 Å². The largest absolute Gasteiger partial charge is 0.379 e. The molecule has 1 unspecified atom stereocenters. The highest BCUT2D eigenvalue weighted by Crippen LogP contribution is 2.39. The van der Waals surface area contributed by atoms with E-state index in [0.717, 1.165) is 17.7 Å². The summed E-state index contributed by atoms with van der Waals surface area (Å²) in [5.74, 6) is -2.09. The van der Waals surface area contributed by atoms with Crippen LogP contribution in [0.3, 0.4) is 0 Å². The van der Waals surface area contributed by atoms with Gasteiger partial charge in [-0.05, 0) is 35.4 Å². The molecule has 1 aliphatic heterocycles. The minimum atomic E-state index is -4.18. The summed E-state index contributed by atoms with van der Waals surface area (Å²) in [6.45, 7) is -3.67. The number of ketones is 2. The van der Waals surface area contributed by atoms with Crippen LogP contribution in [0.1, 0.15) is 17.0 Å². The van der Waals surface area contributed by atoms with Crippen molar-refractivity contribution in [2.45, 2.75) is 17.5 Å². The van der Waals surface area contributed by atoms with Crippen LogP contribution >= 0.6 is 0 Å². The third-order valence-electron chi connectivity index (χ3n) is 4.21. The van der Waals surface area contributed by atoms with Crippen molar-refractivity contribution in [2.75, 3.05) is 0 Å². The van der Waals surface area contributed by atoms with Crippen LogP contribution in [0, 0.1) is 0 Å². The number of carbonyl (C=O) groups is 2. The van der Waals surface area contributed by atoms with Crippen molar-refractivity contribution in [3.05, 3.63) is 89.2 Å². The van der Waals surface area contributed by atoms with Crippen molar-refractivity contribution in [3.63, 3.8) is 0 Å². The van der Waals surface area contributed by atoms with Gasteiger partial charge in [-0.1, -0.05) is 42.5 Å². The smallest absolute Gasteiger partial charge is 0.374 e. The van der Waals surface area contributed by atoms with E-state index in [1.165, 1.54) is 12.1 Å². The molecular formula is C20H13F3O5S. The Morgan fingerprint density at radius 3 is 2.07 bits per heavy atom. The van der Waals surface area contributed by atoms with Crippen molar-refractivity contribution < 1.29 is 35.4 Å². The molecule has 9 heteroatoms. The zero-order valence-corrected chi connectivity index (χ0v) is 15.4. The van der Waals surface area contributed by atoms with E-state index in [1.54, 1.807) is 12.1 Å². The lowest BCUT2D eigenvalue weighted by Gasteiger charge is -2.26. The molecule has 2 bridgehead atoms. The van der Waals surface area contributed by atoms with Gasteiger partial charge >= 0.3 is 16.8 Å². The molecule has 5 nitrogen and oxygen atoms in total.